The van der Waals surface area contributed by atoms with Crippen LogP contribution < -0.4 is 5.32 Å². The fourth-order valence-electron chi connectivity index (χ4n) is 4.05. The fourth-order valence-corrected chi connectivity index (χ4v) is 4.05. The number of benzene rings is 1. The lowest BCUT2D eigenvalue weighted by Gasteiger charge is -2.43. The summed E-state index contributed by atoms with van der Waals surface area (Å²) in [6, 6.07) is 5.04. The quantitative estimate of drug-likeness (QED) is 0.613. The average Bonchev–Trinajstić information content (AvgIpc) is 2.64. The van der Waals surface area contributed by atoms with E-state index in [1.165, 1.54) is 12.5 Å². The Kier molecular flexibility index (Phi) is 6.98. The van der Waals surface area contributed by atoms with E-state index in [1.807, 2.05) is 6.92 Å². The SMILES string of the molecule is CCOC(=O)c1cc(C#N)cc(C)c1NC(=O)C(CC)[N+]1(C)CCCCC1. The molecule has 146 valence electrons. The van der Waals surface area contributed by atoms with Crippen LogP contribution in [0.1, 0.15) is 61.0 Å². The molecule has 0 saturated carbocycles. The van der Waals surface area contributed by atoms with Crippen molar-refractivity contribution in [2.45, 2.75) is 52.5 Å². The average molecular weight is 372 g/mol. The molecular formula is C21H30N3O3+. The first kappa shape index (κ1) is 20.9. The molecule has 0 bridgehead atoms. The first-order valence-corrected chi connectivity index (χ1v) is 9.73. The number of quaternary nitrogens is 1. The van der Waals surface area contributed by atoms with Gasteiger partial charge in [-0.25, -0.2) is 4.79 Å². The van der Waals surface area contributed by atoms with Crippen LogP contribution in [-0.4, -0.2) is 49.1 Å². The number of esters is 1. The van der Waals surface area contributed by atoms with Crippen LogP contribution in [0.15, 0.2) is 12.1 Å². The maximum absolute atomic E-state index is 13.1. The molecule has 0 radical (unpaired) electrons. The highest BCUT2D eigenvalue weighted by atomic mass is 16.5. The lowest BCUT2D eigenvalue weighted by Crippen LogP contribution is -2.59. The van der Waals surface area contributed by atoms with Gasteiger partial charge in [0.05, 0.1) is 49.6 Å². The number of amides is 1. The van der Waals surface area contributed by atoms with Crippen molar-refractivity contribution >= 4 is 17.6 Å². The number of rotatable bonds is 6. The standard InChI is InChI=1S/C21H29N3O3/c1-5-18(24(4)10-8-7-9-11-24)20(25)23-19-15(3)12-16(14-22)13-17(19)21(26)27-6-2/h12-13,18H,5-11H2,1-4H3/p+1. The normalized spacial score (nSPS) is 16.9. The lowest BCUT2D eigenvalue weighted by molar-refractivity contribution is -0.928. The fraction of sp³-hybridized carbons (Fsp3) is 0.571. The summed E-state index contributed by atoms with van der Waals surface area (Å²) in [7, 11) is 2.14. The minimum Gasteiger partial charge on any atom is -0.462 e. The molecule has 1 saturated heterocycles. The summed E-state index contributed by atoms with van der Waals surface area (Å²) in [6.45, 7) is 7.75. The molecule has 6 heteroatoms. The number of nitriles is 1. The molecule has 1 heterocycles. The summed E-state index contributed by atoms with van der Waals surface area (Å²) in [5.41, 5.74) is 1.73. The van der Waals surface area contributed by atoms with Crippen molar-refractivity contribution in [2.24, 2.45) is 0 Å². The monoisotopic (exact) mass is 372 g/mol. The summed E-state index contributed by atoms with van der Waals surface area (Å²) in [5, 5.41) is 12.2. The Labute approximate surface area is 161 Å². The maximum Gasteiger partial charge on any atom is 0.340 e. The van der Waals surface area contributed by atoms with Crippen LogP contribution >= 0.6 is 0 Å². The van der Waals surface area contributed by atoms with Gasteiger partial charge in [0, 0.05) is 6.42 Å². The highest BCUT2D eigenvalue weighted by Crippen LogP contribution is 2.27. The van der Waals surface area contributed by atoms with Crippen molar-refractivity contribution in [1.29, 1.82) is 5.26 Å². The van der Waals surface area contributed by atoms with Gasteiger partial charge in [-0.2, -0.15) is 5.26 Å². The Balaban J connectivity index is 2.35. The first-order valence-electron chi connectivity index (χ1n) is 9.73. The van der Waals surface area contributed by atoms with E-state index in [0.29, 0.717) is 16.8 Å². The summed E-state index contributed by atoms with van der Waals surface area (Å²) in [4.78, 5) is 25.5. The zero-order chi connectivity index (χ0) is 20.0. The molecule has 1 fully saturated rings. The topological polar surface area (TPSA) is 79.2 Å². The molecule has 1 aromatic carbocycles. The molecule has 0 aromatic heterocycles. The largest absolute Gasteiger partial charge is 0.462 e. The highest BCUT2D eigenvalue weighted by Gasteiger charge is 2.38. The van der Waals surface area contributed by atoms with Crippen LogP contribution in [-0.2, 0) is 9.53 Å². The number of hydrogen-bond donors (Lipinski definition) is 1. The van der Waals surface area contributed by atoms with Gasteiger partial charge in [-0.3, -0.25) is 4.79 Å². The van der Waals surface area contributed by atoms with Crippen LogP contribution in [0.2, 0.25) is 0 Å². The number of anilines is 1. The second kappa shape index (κ2) is 9.01. The molecule has 1 aromatic rings. The van der Waals surface area contributed by atoms with Crippen molar-refractivity contribution in [3.63, 3.8) is 0 Å². The number of hydrogen-bond acceptors (Lipinski definition) is 4. The summed E-state index contributed by atoms with van der Waals surface area (Å²) >= 11 is 0. The minimum atomic E-state index is -0.528. The van der Waals surface area contributed by atoms with Gasteiger partial charge in [-0.15, -0.1) is 0 Å². The van der Waals surface area contributed by atoms with Gasteiger partial charge < -0.3 is 14.5 Å². The first-order chi connectivity index (χ1) is 12.9. The number of ether oxygens (including phenoxy) is 1. The van der Waals surface area contributed by atoms with E-state index in [0.717, 1.165) is 36.8 Å². The molecule has 0 spiro atoms. The van der Waals surface area contributed by atoms with Gasteiger partial charge in [0.1, 0.15) is 0 Å². The summed E-state index contributed by atoms with van der Waals surface area (Å²) in [6.07, 6.45) is 4.20. The van der Waals surface area contributed by atoms with Crippen molar-refractivity contribution in [2.75, 3.05) is 32.1 Å². The molecule has 2 rings (SSSR count). The van der Waals surface area contributed by atoms with Crippen LogP contribution in [0.4, 0.5) is 5.69 Å². The van der Waals surface area contributed by atoms with E-state index in [1.54, 1.807) is 19.9 Å². The number of likely N-dealkylation sites (tertiary alicyclic amines) is 1. The molecule has 0 aliphatic carbocycles. The van der Waals surface area contributed by atoms with Gasteiger partial charge in [0.2, 0.25) is 0 Å². The molecule has 1 aliphatic rings. The highest BCUT2D eigenvalue weighted by molar-refractivity contribution is 6.03. The number of nitrogens with one attached hydrogen (secondary N) is 1. The van der Waals surface area contributed by atoms with Crippen molar-refractivity contribution in [3.05, 3.63) is 28.8 Å². The van der Waals surface area contributed by atoms with Crippen LogP contribution in [0.5, 0.6) is 0 Å². The Bertz CT molecular complexity index is 746. The smallest absolute Gasteiger partial charge is 0.340 e. The molecule has 1 aliphatic heterocycles. The van der Waals surface area contributed by atoms with Gasteiger partial charge in [-0.05, 0) is 50.8 Å². The van der Waals surface area contributed by atoms with E-state index in [2.05, 4.69) is 18.4 Å². The second-order valence-corrected chi connectivity index (χ2v) is 7.45. The minimum absolute atomic E-state index is 0.0831. The van der Waals surface area contributed by atoms with Crippen LogP contribution in [0.3, 0.4) is 0 Å². The number of carbonyl (C=O) groups excluding carboxylic acids is 2. The molecule has 1 unspecified atom stereocenters. The maximum atomic E-state index is 13.1. The lowest BCUT2D eigenvalue weighted by atomic mass is 10.0. The second-order valence-electron chi connectivity index (χ2n) is 7.45. The van der Waals surface area contributed by atoms with Crippen molar-refractivity contribution < 1.29 is 18.8 Å². The Hall–Kier alpha value is -2.39. The molecule has 1 atom stereocenters. The van der Waals surface area contributed by atoms with Gasteiger partial charge in [-0.1, -0.05) is 6.92 Å². The number of carbonyl (C=O) groups is 2. The molecule has 6 nitrogen and oxygen atoms in total. The number of nitrogens with zero attached hydrogens (tertiary/aromatic N) is 2. The van der Waals surface area contributed by atoms with Gasteiger partial charge in [0.25, 0.3) is 5.91 Å². The van der Waals surface area contributed by atoms with E-state index in [4.69, 9.17) is 4.74 Å². The van der Waals surface area contributed by atoms with E-state index in [9.17, 15) is 14.9 Å². The number of likely N-dealkylation sites (N-methyl/N-ethyl adjacent to an activating group) is 1. The predicted molar refractivity (Wildman–Crippen MR) is 104 cm³/mol. The van der Waals surface area contributed by atoms with Crippen molar-refractivity contribution in [1.82, 2.24) is 0 Å². The van der Waals surface area contributed by atoms with E-state index in [-0.39, 0.29) is 24.1 Å². The summed E-state index contributed by atoms with van der Waals surface area (Å²) < 4.78 is 5.85. The third-order valence-electron chi connectivity index (χ3n) is 5.49. The predicted octanol–water partition coefficient (Wildman–Crippen LogP) is 3.39. The number of piperidine rings is 1. The molecule has 27 heavy (non-hydrogen) atoms. The Morgan fingerprint density at radius 1 is 1.26 bits per heavy atom. The van der Waals surface area contributed by atoms with Gasteiger partial charge >= 0.3 is 5.97 Å². The zero-order valence-electron chi connectivity index (χ0n) is 16.8. The third-order valence-corrected chi connectivity index (χ3v) is 5.49. The van der Waals surface area contributed by atoms with E-state index >= 15 is 0 Å². The Morgan fingerprint density at radius 3 is 2.48 bits per heavy atom. The summed E-state index contributed by atoms with van der Waals surface area (Å²) in [5.74, 6) is -0.611. The van der Waals surface area contributed by atoms with Crippen LogP contribution in [0.25, 0.3) is 0 Å². The van der Waals surface area contributed by atoms with Gasteiger partial charge in [0.15, 0.2) is 6.04 Å². The molecular weight excluding hydrogens is 342 g/mol. The molecule has 1 amide bonds. The van der Waals surface area contributed by atoms with E-state index < -0.39 is 5.97 Å². The number of aryl methyl sites for hydroxylation is 1. The third kappa shape index (κ3) is 4.67. The zero-order valence-corrected chi connectivity index (χ0v) is 16.8. The Morgan fingerprint density at radius 2 is 1.93 bits per heavy atom. The molecule has 1 N–H and O–H groups in total. The van der Waals surface area contributed by atoms with Crippen molar-refractivity contribution in [3.8, 4) is 6.07 Å². The van der Waals surface area contributed by atoms with Crippen LogP contribution in [0, 0.1) is 18.3 Å².